The predicted octanol–water partition coefficient (Wildman–Crippen LogP) is 0.465. The van der Waals surface area contributed by atoms with Crippen molar-refractivity contribution in [1.82, 2.24) is 28.9 Å². The number of anilines is 1. The number of aryl methyl sites for hydroxylation is 1. The molecule has 0 aliphatic rings. The zero-order valence-corrected chi connectivity index (χ0v) is 15.0. The molecule has 4 rings (SSSR count). The summed E-state index contributed by atoms with van der Waals surface area (Å²) in [5.74, 6) is 0.165. The molecule has 1 N–H and O–H groups in total. The van der Waals surface area contributed by atoms with Crippen LogP contribution in [0, 0.1) is 0 Å². The van der Waals surface area contributed by atoms with Crippen LogP contribution in [0.2, 0.25) is 0 Å². The first-order chi connectivity index (χ1) is 13.5. The quantitative estimate of drug-likeness (QED) is 0.555. The summed E-state index contributed by atoms with van der Waals surface area (Å²) in [5, 5.41) is 6.98. The molecular formula is C18H15N7O3. The second-order valence-electron chi connectivity index (χ2n) is 6.11. The Labute approximate surface area is 157 Å². The van der Waals surface area contributed by atoms with Gasteiger partial charge in [-0.15, -0.1) is 0 Å². The number of carbonyl (C=O) groups is 1. The molecule has 28 heavy (non-hydrogen) atoms. The highest BCUT2D eigenvalue weighted by Crippen LogP contribution is 2.12. The first-order valence-corrected chi connectivity index (χ1v) is 8.29. The molecule has 0 radical (unpaired) electrons. The van der Waals surface area contributed by atoms with E-state index in [0.29, 0.717) is 11.5 Å². The van der Waals surface area contributed by atoms with Gasteiger partial charge < -0.3 is 5.32 Å². The fraction of sp³-hybridized carbons (Fsp3) is 0.111. The van der Waals surface area contributed by atoms with E-state index in [1.54, 1.807) is 35.3 Å². The molecule has 140 valence electrons. The van der Waals surface area contributed by atoms with Crippen molar-refractivity contribution in [2.75, 3.05) is 5.32 Å². The second-order valence-corrected chi connectivity index (χ2v) is 6.11. The molecule has 0 fully saturated rings. The van der Waals surface area contributed by atoms with Gasteiger partial charge in [0.05, 0.1) is 22.8 Å². The van der Waals surface area contributed by atoms with Gasteiger partial charge in [0.2, 0.25) is 0 Å². The first-order valence-electron chi connectivity index (χ1n) is 8.29. The van der Waals surface area contributed by atoms with Crippen molar-refractivity contribution in [3.63, 3.8) is 0 Å². The van der Waals surface area contributed by atoms with E-state index in [1.807, 2.05) is 0 Å². The summed E-state index contributed by atoms with van der Waals surface area (Å²) in [6.07, 6.45) is 6.23. The summed E-state index contributed by atoms with van der Waals surface area (Å²) in [6.45, 7) is 0. The van der Waals surface area contributed by atoms with Crippen LogP contribution in [0.4, 0.5) is 5.69 Å². The SMILES string of the molecule is Cn1c(=O)c2cc(C(=O)Nc3ccc(-n4cccn4)nc3)cnc2n(C)c1=O. The van der Waals surface area contributed by atoms with Crippen molar-refractivity contribution in [2.45, 2.75) is 0 Å². The number of carbonyl (C=O) groups excluding carboxylic acids is 1. The maximum absolute atomic E-state index is 12.5. The third-order valence-corrected chi connectivity index (χ3v) is 4.30. The highest BCUT2D eigenvalue weighted by atomic mass is 16.2. The number of hydrogen-bond acceptors (Lipinski definition) is 6. The topological polar surface area (TPSA) is 117 Å². The summed E-state index contributed by atoms with van der Waals surface area (Å²) in [4.78, 5) is 45.2. The predicted molar refractivity (Wildman–Crippen MR) is 102 cm³/mol. The molecular weight excluding hydrogens is 362 g/mol. The van der Waals surface area contributed by atoms with Gasteiger partial charge in [0, 0.05) is 32.7 Å². The van der Waals surface area contributed by atoms with E-state index in [2.05, 4.69) is 20.4 Å². The zero-order chi connectivity index (χ0) is 19.8. The number of hydrogen-bond donors (Lipinski definition) is 1. The smallest absolute Gasteiger partial charge is 0.321 e. The van der Waals surface area contributed by atoms with Crippen LogP contribution in [0.3, 0.4) is 0 Å². The van der Waals surface area contributed by atoms with Crippen molar-refractivity contribution >= 4 is 22.6 Å². The third-order valence-electron chi connectivity index (χ3n) is 4.30. The number of amides is 1. The molecule has 0 aliphatic carbocycles. The minimum absolute atomic E-state index is 0.185. The molecule has 0 aliphatic heterocycles. The summed E-state index contributed by atoms with van der Waals surface area (Å²) in [5.41, 5.74) is -0.0975. The van der Waals surface area contributed by atoms with Gasteiger partial charge in [-0.05, 0) is 24.3 Å². The average molecular weight is 377 g/mol. The van der Waals surface area contributed by atoms with Crippen LogP contribution in [0.1, 0.15) is 10.4 Å². The molecule has 4 heterocycles. The molecule has 4 aromatic heterocycles. The van der Waals surface area contributed by atoms with Gasteiger partial charge in [-0.3, -0.25) is 18.7 Å². The molecule has 0 saturated carbocycles. The largest absolute Gasteiger partial charge is 0.332 e. The Kier molecular flexibility index (Phi) is 4.07. The lowest BCUT2D eigenvalue weighted by Crippen LogP contribution is -2.37. The monoisotopic (exact) mass is 377 g/mol. The number of nitrogens with zero attached hydrogens (tertiary/aromatic N) is 6. The van der Waals surface area contributed by atoms with Crippen LogP contribution in [0.25, 0.3) is 16.9 Å². The standard InChI is InChI=1S/C18H15N7O3/c1-23-15-13(17(27)24(2)18(23)28)8-11(9-20-15)16(26)22-12-4-5-14(19-10-12)25-7-3-6-21-25/h3-10H,1-2H3,(H,22,26). The van der Waals surface area contributed by atoms with Crippen molar-refractivity contribution in [3.8, 4) is 5.82 Å². The van der Waals surface area contributed by atoms with Crippen LogP contribution in [0.5, 0.6) is 0 Å². The summed E-state index contributed by atoms with van der Waals surface area (Å²) >= 11 is 0. The maximum Gasteiger partial charge on any atom is 0.332 e. The van der Waals surface area contributed by atoms with E-state index in [4.69, 9.17) is 0 Å². The Morgan fingerprint density at radius 3 is 2.57 bits per heavy atom. The molecule has 0 aromatic carbocycles. The van der Waals surface area contributed by atoms with Gasteiger partial charge >= 0.3 is 5.69 Å². The van der Waals surface area contributed by atoms with E-state index in [-0.39, 0.29) is 16.6 Å². The minimum atomic E-state index is -0.509. The average Bonchev–Trinajstić information content (AvgIpc) is 3.25. The van der Waals surface area contributed by atoms with Gasteiger partial charge in [-0.1, -0.05) is 0 Å². The zero-order valence-electron chi connectivity index (χ0n) is 15.0. The van der Waals surface area contributed by atoms with Crippen molar-refractivity contribution in [1.29, 1.82) is 0 Å². The molecule has 0 spiro atoms. The summed E-state index contributed by atoms with van der Waals surface area (Å²) < 4.78 is 3.83. The number of rotatable bonds is 3. The lowest BCUT2D eigenvalue weighted by atomic mass is 10.2. The normalized spacial score (nSPS) is 10.9. The lowest BCUT2D eigenvalue weighted by Gasteiger charge is -2.09. The Bertz CT molecular complexity index is 1300. The van der Waals surface area contributed by atoms with E-state index < -0.39 is 17.2 Å². The van der Waals surface area contributed by atoms with Crippen molar-refractivity contribution in [2.24, 2.45) is 14.1 Å². The second kappa shape index (κ2) is 6.58. The highest BCUT2D eigenvalue weighted by Gasteiger charge is 2.14. The summed E-state index contributed by atoms with van der Waals surface area (Å²) in [6, 6.07) is 6.61. The fourth-order valence-electron chi connectivity index (χ4n) is 2.79. The van der Waals surface area contributed by atoms with Gasteiger partial charge in [-0.25, -0.2) is 19.4 Å². The molecule has 0 unspecified atom stereocenters. The molecule has 1 amide bonds. The van der Waals surface area contributed by atoms with Gasteiger partial charge in [0.15, 0.2) is 5.82 Å². The Morgan fingerprint density at radius 1 is 1.07 bits per heavy atom. The van der Waals surface area contributed by atoms with Crippen LogP contribution in [-0.2, 0) is 14.1 Å². The van der Waals surface area contributed by atoms with E-state index in [0.717, 1.165) is 4.57 Å². The maximum atomic E-state index is 12.5. The van der Waals surface area contributed by atoms with Crippen LogP contribution in [-0.4, -0.2) is 34.8 Å². The number of nitrogens with one attached hydrogen (secondary N) is 1. The van der Waals surface area contributed by atoms with Crippen LogP contribution < -0.4 is 16.6 Å². The third kappa shape index (κ3) is 2.86. The molecule has 4 aromatic rings. The number of aromatic nitrogens is 6. The Morgan fingerprint density at radius 2 is 1.89 bits per heavy atom. The van der Waals surface area contributed by atoms with E-state index in [9.17, 15) is 14.4 Å². The van der Waals surface area contributed by atoms with Crippen molar-refractivity contribution < 1.29 is 4.79 Å². The fourth-order valence-corrected chi connectivity index (χ4v) is 2.79. The lowest BCUT2D eigenvalue weighted by molar-refractivity contribution is 0.102. The molecule has 10 heteroatoms. The van der Waals surface area contributed by atoms with Crippen LogP contribution >= 0.6 is 0 Å². The first kappa shape index (κ1) is 17.3. The van der Waals surface area contributed by atoms with Crippen LogP contribution in [0.15, 0.2) is 58.6 Å². The van der Waals surface area contributed by atoms with Crippen molar-refractivity contribution in [3.05, 3.63) is 75.5 Å². The Balaban J connectivity index is 1.64. The number of fused-ring (bicyclic) bond motifs is 1. The van der Waals surface area contributed by atoms with Gasteiger partial charge in [-0.2, -0.15) is 5.10 Å². The summed E-state index contributed by atoms with van der Waals surface area (Å²) in [7, 11) is 2.90. The molecule has 0 saturated heterocycles. The molecule has 10 nitrogen and oxygen atoms in total. The van der Waals surface area contributed by atoms with Gasteiger partial charge in [0.1, 0.15) is 5.65 Å². The highest BCUT2D eigenvalue weighted by molar-refractivity contribution is 6.05. The number of pyridine rings is 2. The molecule has 0 bridgehead atoms. The van der Waals surface area contributed by atoms with E-state index in [1.165, 1.54) is 37.1 Å². The Hall–Kier alpha value is -4.08. The minimum Gasteiger partial charge on any atom is -0.321 e. The van der Waals surface area contributed by atoms with Gasteiger partial charge in [0.25, 0.3) is 11.5 Å². The molecule has 0 atom stereocenters. The van der Waals surface area contributed by atoms with E-state index >= 15 is 0 Å².